The van der Waals surface area contributed by atoms with E-state index in [-0.39, 0.29) is 0 Å². The zero-order valence-corrected chi connectivity index (χ0v) is 10.3. The zero-order chi connectivity index (χ0) is 12.8. The summed E-state index contributed by atoms with van der Waals surface area (Å²) in [6.07, 6.45) is 3.85. The van der Waals surface area contributed by atoms with E-state index < -0.39 is 0 Å². The minimum atomic E-state index is 0.480. The predicted octanol–water partition coefficient (Wildman–Crippen LogP) is 1.05. The quantitative estimate of drug-likeness (QED) is 0.787. The summed E-state index contributed by atoms with van der Waals surface area (Å²) in [5.41, 5.74) is 5.72. The standard InChI is InChI=1S/C11H16N6O/c1-2-3-9-16-8(12)6-10(17-9)13-5-4-11-14-7-15-18-11/h6-7H,2-5H2,1H3,(H3,12,13,16,17). The van der Waals surface area contributed by atoms with E-state index in [0.717, 1.165) is 24.5 Å². The highest BCUT2D eigenvalue weighted by atomic mass is 16.5. The maximum atomic E-state index is 5.72. The van der Waals surface area contributed by atoms with Gasteiger partial charge in [-0.25, -0.2) is 9.97 Å². The molecule has 0 fully saturated rings. The average Bonchev–Trinajstić information content (AvgIpc) is 2.82. The molecule has 7 heteroatoms. The third kappa shape index (κ3) is 3.41. The number of hydrogen-bond acceptors (Lipinski definition) is 7. The summed E-state index contributed by atoms with van der Waals surface area (Å²) in [6, 6.07) is 1.72. The van der Waals surface area contributed by atoms with Crippen molar-refractivity contribution in [1.82, 2.24) is 20.1 Å². The molecule has 0 aliphatic carbocycles. The lowest BCUT2D eigenvalue weighted by atomic mass is 10.3. The molecule has 18 heavy (non-hydrogen) atoms. The molecule has 0 unspecified atom stereocenters. The SMILES string of the molecule is CCCc1nc(N)cc(NCCc2ncno2)n1. The molecule has 0 spiro atoms. The summed E-state index contributed by atoms with van der Waals surface area (Å²) in [5.74, 6) is 2.57. The molecule has 2 rings (SSSR count). The van der Waals surface area contributed by atoms with Gasteiger partial charge in [-0.2, -0.15) is 4.98 Å². The van der Waals surface area contributed by atoms with Crippen LogP contribution >= 0.6 is 0 Å². The molecule has 0 atom stereocenters. The summed E-state index contributed by atoms with van der Waals surface area (Å²) < 4.78 is 4.90. The van der Waals surface area contributed by atoms with E-state index in [0.29, 0.717) is 24.7 Å². The fourth-order valence-electron chi connectivity index (χ4n) is 1.55. The topological polar surface area (TPSA) is 103 Å². The Hall–Kier alpha value is -2.18. The first kappa shape index (κ1) is 12.3. The molecule has 0 aromatic carbocycles. The Kier molecular flexibility index (Phi) is 4.06. The monoisotopic (exact) mass is 248 g/mol. The van der Waals surface area contributed by atoms with E-state index in [4.69, 9.17) is 10.3 Å². The number of aryl methyl sites for hydroxylation is 1. The molecule has 2 aromatic rings. The number of anilines is 2. The Morgan fingerprint density at radius 2 is 2.22 bits per heavy atom. The van der Waals surface area contributed by atoms with Gasteiger partial charge in [0.1, 0.15) is 17.5 Å². The Morgan fingerprint density at radius 1 is 1.33 bits per heavy atom. The summed E-state index contributed by atoms with van der Waals surface area (Å²) in [6.45, 7) is 2.74. The molecule has 2 heterocycles. The number of nitrogens with zero attached hydrogens (tertiary/aromatic N) is 4. The fourth-order valence-corrected chi connectivity index (χ4v) is 1.55. The van der Waals surface area contributed by atoms with Crippen molar-refractivity contribution < 1.29 is 4.52 Å². The van der Waals surface area contributed by atoms with Gasteiger partial charge in [0.15, 0.2) is 6.33 Å². The van der Waals surface area contributed by atoms with E-state index in [2.05, 4.69) is 32.3 Å². The van der Waals surface area contributed by atoms with Crippen LogP contribution < -0.4 is 11.1 Å². The Morgan fingerprint density at radius 3 is 2.94 bits per heavy atom. The second kappa shape index (κ2) is 5.95. The van der Waals surface area contributed by atoms with Crippen molar-refractivity contribution in [2.24, 2.45) is 0 Å². The van der Waals surface area contributed by atoms with Gasteiger partial charge in [0.05, 0.1) is 0 Å². The Labute approximate surface area is 105 Å². The van der Waals surface area contributed by atoms with Gasteiger partial charge < -0.3 is 15.6 Å². The maximum absolute atomic E-state index is 5.72. The number of nitrogens with one attached hydrogen (secondary N) is 1. The van der Waals surface area contributed by atoms with Crippen LogP contribution in [0.2, 0.25) is 0 Å². The summed E-state index contributed by atoms with van der Waals surface area (Å²) in [5, 5.41) is 6.70. The van der Waals surface area contributed by atoms with E-state index in [1.165, 1.54) is 6.33 Å². The van der Waals surface area contributed by atoms with E-state index in [1.54, 1.807) is 6.07 Å². The molecule has 2 aromatic heterocycles. The molecule has 0 radical (unpaired) electrons. The van der Waals surface area contributed by atoms with Crippen LogP contribution in [-0.4, -0.2) is 26.7 Å². The van der Waals surface area contributed by atoms with Crippen LogP contribution in [0, 0.1) is 0 Å². The Balaban J connectivity index is 1.92. The van der Waals surface area contributed by atoms with Gasteiger partial charge in [-0.05, 0) is 6.42 Å². The number of nitrogen functional groups attached to an aromatic ring is 1. The van der Waals surface area contributed by atoms with Gasteiger partial charge in [0, 0.05) is 25.5 Å². The first-order valence-corrected chi connectivity index (χ1v) is 5.90. The van der Waals surface area contributed by atoms with Gasteiger partial charge in [-0.15, -0.1) is 0 Å². The lowest BCUT2D eigenvalue weighted by Gasteiger charge is -2.06. The van der Waals surface area contributed by atoms with Crippen LogP contribution in [0.5, 0.6) is 0 Å². The second-order valence-corrected chi connectivity index (χ2v) is 3.86. The van der Waals surface area contributed by atoms with Crippen LogP contribution in [0.4, 0.5) is 11.6 Å². The molecule has 0 bridgehead atoms. The highest BCUT2D eigenvalue weighted by Crippen LogP contribution is 2.09. The minimum Gasteiger partial charge on any atom is -0.384 e. The number of hydrogen-bond donors (Lipinski definition) is 2. The van der Waals surface area contributed by atoms with Crippen molar-refractivity contribution in [2.45, 2.75) is 26.2 Å². The van der Waals surface area contributed by atoms with Crippen LogP contribution in [-0.2, 0) is 12.8 Å². The van der Waals surface area contributed by atoms with E-state index >= 15 is 0 Å². The third-order valence-corrected chi connectivity index (χ3v) is 2.32. The first-order valence-electron chi connectivity index (χ1n) is 5.90. The van der Waals surface area contributed by atoms with Crippen molar-refractivity contribution in [3.8, 4) is 0 Å². The van der Waals surface area contributed by atoms with Crippen molar-refractivity contribution in [3.63, 3.8) is 0 Å². The molecule has 0 aliphatic rings. The molecule has 0 saturated heterocycles. The minimum absolute atomic E-state index is 0.480. The molecular weight excluding hydrogens is 232 g/mol. The number of rotatable bonds is 6. The first-order chi connectivity index (χ1) is 8.78. The molecule has 0 aliphatic heterocycles. The highest BCUT2D eigenvalue weighted by molar-refractivity contribution is 5.44. The van der Waals surface area contributed by atoms with Crippen molar-refractivity contribution >= 4 is 11.6 Å². The normalized spacial score (nSPS) is 10.5. The smallest absolute Gasteiger partial charge is 0.228 e. The van der Waals surface area contributed by atoms with Crippen LogP contribution in [0.3, 0.4) is 0 Å². The van der Waals surface area contributed by atoms with Crippen LogP contribution in [0.25, 0.3) is 0 Å². The van der Waals surface area contributed by atoms with E-state index in [9.17, 15) is 0 Å². The van der Waals surface area contributed by atoms with Crippen molar-refractivity contribution in [2.75, 3.05) is 17.6 Å². The molecule has 96 valence electrons. The number of aromatic nitrogens is 4. The summed E-state index contributed by atoms with van der Waals surface area (Å²) >= 11 is 0. The zero-order valence-electron chi connectivity index (χ0n) is 10.3. The molecule has 7 nitrogen and oxygen atoms in total. The lowest BCUT2D eigenvalue weighted by Crippen LogP contribution is -2.09. The van der Waals surface area contributed by atoms with Gasteiger partial charge >= 0.3 is 0 Å². The number of nitrogens with two attached hydrogens (primary N) is 1. The van der Waals surface area contributed by atoms with Crippen LogP contribution in [0.1, 0.15) is 25.1 Å². The Bertz CT molecular complexity index is 484. The fraction of sp³-hybridized carbons (Fsp3) is 0.455. The second-order valence-electron chi connectivity index (χ2n) is 3.86. The van der Waals surface area contributed by atoms with Gasteiger partial charge in [-0.3, -0.25) is 0 Å². The molecule has 0 saturated carbocycles. The molecule has 0 amide bonds. The lowest BCUT2D eigenvalue weighted by molar-refractivity contribution is 0.379. The van der Waals surface area contributed by atoms with Gasteiger partial charge in [0.25, 0.3) is 0 Å². The van der Waals surface area contributed by atoms with Gasteiger partial charge in [-0.1, -0.05) is 12.1 Å². The van der Waals surface area contributed by atoms with Gasteiger partial charge in [0.2, 0.25) is 5.89 Å². The van der Waals surface area contributed by atoms with E-state index in [1.807, 2.05) is 0 Å². The maximum Gasteiger partial charge on any atom is 0.228 e. The van der Waals surface area contributed by atoms with Crippen LogP contribution in [0.15, 0.2) is 16.9 Å². The molecular formula is C11H16N6O. The third-order valence-electron chi connectivity index (χ3n) is 2.32. The summed E-state index contributed by atoms with van der Waals surface area (Å²) in [4.78, 5) is 12.5. The predicted molar refractivity (Wildman–Crippen MR) is 66.9 cm³/mol. The average molecular weight is 248 g/mol. The van der Waals surface area contributed by atoms with Crippen molar-refractivity contribution in [3.05, 3.63) is 24.1 Å². The highest BCUT2D eigenvalue weighted by Gasteiger charge is 2.03. The van der Waals surface area contributed by atoms with Crippen molar-refractivity contribution in [1.29, 1.82) is 0 Å². The summed E-state index contributed by atoms with van der Waals surface area (Å²) in [7, 11) is 0. The molecule has 3 N–H and O–H groups in total. The largest absolute Gasteiger partial charge is 0.384 e.